The van der Waals surface area contributed by atoms with Gasteiger partial charge in [0, 0.05) is 24.0 Å². The summed E-state index contributed by atoms with van der Waals surface area (Å²) >= 11 is 0. The average molecular weight is 452 g/mol. The summed E-state index contributed by atoms with van der Waals surface area (Å²) < 4.78 is 38.0. The molecule has 0 radical (unpaired) electrons. The molecule has 1 fully saturated rings. The molecule has 2 heterocycles. The minimum atomic E-state index is -1.19. The van der Waals surface area contributed by atoms with Crippen LogP contribution in [0.2, 0.25) is 0 Å². The second-order valence-electron chi connectivity index (χ2n) is 7.09. The third-order valence-corrected chi connectivity index (χ3v) is 5.26. The molecule has 0 aliphatic carbocycles. The van der Waals surface area contributed by atoms with Gasteiger partial charge in [0.05, 0.1) is 31.1 Å². The van der Waals surface area contributed by atoms with Gasteiger partial charge in [0.1, 0.15) is 23.3 Å². The van der Waals surface area contributed by atoms with E-state index in [1.807, 2.05) is 0 Å². The van der Waals surface area contributed by atoms with Gasteiger partial charge in [0.2, 0.25) is 0 Å². The summed E-state index contributed by atoms with van der Waals surface area (Å²) in [6.07, 6.45) is 1.45. The van der Waals surface area contributed by atoms with E-state index in [0.717, 1.165) is 17.0 Å². The van der Waals surface area contributed by atoms with Crippen molar-refractivity contribution in [2.45, 2.75) is 6.04 Å². The van der Waals surface area contributed by atoms with Crippen LogP contribution in [0.25, 0.3) is 5.76 Å². The van der Waals surface area contributed by atoms with Gasteiger partial charge in [-0.05, 0) is 36.4 Å². The van der Waals surface area contributed by atoms with Crippen LogP contribution >= 0.6 is 0 Å². The summed E-state index contributed by atoms with van der Waals surface area (Å²) in [6.45, 7) is 0. The van der Waals surface area contributed by atoms with Crippen molar-refractivity contribution < 1.29 is 33.0 Å². The van der Waals surface area contributed by atoms with E-state index in [0.29, 0.717) is 5.75 Å². The first-order valence-electron chi connectivity index (χ1n) is 9.76. The van der Waals surface area contributed by atoms with Crippen LogP contribution < -0.4 is 14.4 Å². The summed E-state index contributed by atoms with van der Waals surface area (Å²) in [6, 6.07) is 11.0. The van der Waals surface area contributed by atoms with Crippen molar-refractivity contribution in [1.82, 2.24) is 4.98 Å². The lowest BCUT2D eigenvalue weighted by Crippen LogP contribution is -2.30. The van der Waals surface area contributed by atoms with Crippen LogP contribution in [-0.4, -0.2) is 36.0 Å². The number of hydrogen-bond acceptors (Lipinski definition) is 6. The second kappa shape index (κ2) is 8.70. The normalized spacial score (nSPS) is 17.3. The zero-order valence-corrected chi connectivity index (χ0v) is 17.6. The number of carbonyl (C=O) groups is 2. The van der Waals surface area contributed by atoms with Gasteiger partial charge in [-0.1, -0.05) is 6.07 Å². The van der Waals surface area contributed by atoms with E-state index < -0.39 is 35.1 Å². The number of aliphatic hydroxyl groups is 1. The largest absolute Gasteiger partial charge is 0.507 e. The number of methoxy groups -OCH3 is 2. The summed E-state index contributed by atoms with van der Waals surface area (Å²) in [5.41, 5.74) is 0.0530. The monoisotopic (exact) mass is 452 g/mol. The van der Waals surface area contributed by atoms with Crippen LogP contribution in [0.5, 0.6) is 11.5 Å². The Morgan fingerprint density at radius 3 is 2.42 bits per heavy atom. The third kappa shape index (κ3) is 3.78. The first kappa shape index (κ1) is 21.9. The number of ketones is 1. The maximum atomic E-state index is 14.0. The first-order chi connectivity index (χ1) is 15.9. The van der Waals surface area contributed by atoms with Crippen LogP contribution in [0.3, 0.4) is 0 Å². The number of Topliss-reactive ketones (excluding diaryl/α,β-unsaturated/α-hetero) is 1. The molecule has 9 heteroatoms. The molecule has 1 atom stereocenters. The Morgan fingerprint density at radius 1 is 1.00 bits per heavy atom. The molecule has 3 aromatic rings. The Labute approximate surface area is 187 Å². The molecule has 2 aromatic carbocycles. The summed E-state index contributed by atoms with van der Waals surface area (Å²) in [4.78, 5) is 31.3. The van der Waals surface area contributed by atoms with Gasteiger partial charge < -0.3 is 14.6 Å². The Kier molecular flexibility index (Phi) is 5.78. The highest BCUT2D eigenvalue weighted by Gasteiger charge is 2.48. The van der Waals surface area contributed by atoms with Gasteiger partial charge in [-0.2, -0.15) is 0 Å². The van der Waals surface area contributed by atoms with Crippen LogP contribution in [0, 0.1) is 11.6 Å². The van der Waals surface area contributed by atoms with Crippen LogP contribution in [0.1, 0.15) is 17.3 Å². The maximum Gasteiger partial charge on any atom is 0.300 e. The van der Waals surface area contributed by atoms with E-state index in [-0.39, 0.29) is 28.3 Å². The van der Waals surface area contributed by atoms with E-state index in [4.69, 9.17) is 9.47 Å². The molecule has 7 nitrogen and oxygen atoms in total. The van der Waals surface area contributed by atoms with Crippen molar-refractivity contribution in [3.63, 3.8) is 0 Å². The molecule has 168 valence electrons. The number of carbonyl (C=O) groups excluding carboxylic acids is 2. The number of nitrogens with zero attached hydrogens (tertiary/aromatic N) is 2. The first-order valence-corrected chi connectivity index (χ1v) is 9.76. The number of aliphatic hydroxyl groups excluding tert-OH is 1. The minimum absolute atomic E-state index is 0.0626. The van der Waals surface area contributed by atoms with Crippen molar-refractivity contribution in [2.75, 3.05) is 19.1 Å². The molecule has 0 spiro atoms. The number of pyridine rings is 1. The smallest absolute Gasteiger partial charge is 0.300 e. The van der Waals surface area contributed by atoms with Crippen LogP contribution in [0.15, 0.2) is 66.4 Å². The maximum absolute atomic E-state index is 14.0. The van der Waals surface area contributed by atoms with E-state index in [2.05, 4.69) is 4.98 Å². The summed E-state index contributed by atoms with van der Waals surface area (Å²) in [5, 5.41) is 11.2. The fourth-order valence-electron chi connectivity index (χ4n) is 3.69. The molecule has 0 bridgehead atoms. The quantitative estimate of drug-likeness (QED) is 0.358. The van der Waals surface area contributed by atoms with Crippen molar-refractivity contribution in [1.29, 1.82) is 0 Å². The molecular formula is C24H18F2N2O5. The molecule has 1 unspecified atom stereocenters. The van der Waals surface area contributed by atoms with E-state index >= 15 is 0 Å². The Balaban J connectivity index is 1.96. The van der Waals surface area contributed by atoms with Crippen molar-refractivity contribution in [3.8, 4) is 11.5 Å². The van der Waals surface area contributed by atoms with Crippen molar-refractivity contribution >= 4 is 23.1 Å². The van der Waals surface area contributed by atoms with E-state index in [1.165, 1.54) is 38.6 Å². The number of hydrogen-bond donors (Lipinski definition) is 1. The Hall–Kier alpha value is -4.27. The van der Waals surface area contributed by atoms with Gasteiger partial charge in [0.15, 0.2) is 11.6 Å². The molecular weight excluding hydrogens is 434 g/mol. The third-order valence-electron chi connectivity index (χ3n) is 5.26. The zero-order chi connectivity index (χ0) is 23.7. The van der Waals surface area contributed by atoms with E-state index in [9.17, 15) is 23.5 Å². The number of anilines is 1. The van der Waals surface area contributed by atoms with Gasteiger partial charge in [-0.15, -0.1) is 0 Å². The predicted molar refractivity (Wildman–Crippen MR) is 115 cm³/mol. The molecule has 1 N–H and O–H groups in total. The van der Waals surface area contributed by atoms with Crippen LogP contribution in [0.4, 0.5) is 14.5 Å². The standard InChI is InChI=1S/C24H18F2N2O5/c1-32-14-7-8-15(19(12-14)33-2)22(29)20-21(18-5-3-4-10-27-18)28(24(31)23(20)30)13-6-9-16(25)17(26)11-13/h3-12,21,29H,1-2H3/b22-20-. The lowest BCUT2D eigenvalue weighted by Gasteiger charge is -2.24. The van der Waals surface area contributed by atoms with Gasteiger partial charge in [-0.3, -0.25) is 19.5 Å². The minimum Gasteiger partial charge on any atom is -0.507 e. The van der Waals surface area contributed by atoms with Crippen LogP contribution in [-0.2, 0) is 9.59 Å². The number of benzene rings is 2. The lowest BCUT2D eigenvalue weighted by molar-refractivity contribution is -0.132. The van der Waals surface area contributed by atoms with E-state index in [1.54, 1.807) is 24.3 Å². The van der Waals surface area contributed by atoms with Gasteiger partial charge >= 0.3 is 0 Å². The average Bonchev–Trinajstić information content (AvgIpc) is 3.11. The summed E-state index contributed by atoms with van der Waals surface area (Å²) in [5.74, 6) is -4.18. The van der Waals surface area contributed by atoms with Crippen molar-refractivity contribution in [3.05, 3.63) is 89.3 Å². The molecule has 1 aromatic heterocycles. The second-order valence-corrected chi connectivity index (χ2v) is 7.09. The Morgan fingerprint density at radius 2 is 1.79 bits per heavy atom. The highest BCUT2D eigenvalue weighted by Crippen LogP contribution is 2.43. The number of ether oxygens (including phenoxy) is 2. The SMILES string of the molecule is COc1ccc(/C(O)=C2/C(=O)C(=O)N(c3ccc(F)c(F)c3)C2c2ccccn2)c(OC)c1. The lowest BCUT2D eigenvalue weighted by atomic mass is 9.97. The predicted octanol–water partition coefficient (Wildman–Crippen LogP) is 4.00. The fourth-order valence-corrected chi connectivity index (χ4v) is 3.69. The highest BCUT2D eigenvalue weighted by atomic mass is 19.2. The Bertz CT molecular complexity index is 1280. The molecule has 1 saturated heterocycles. The number of rotatable bonds is 5. The molecule has 1 aliphatic heterocycles. The topological polar surface area (TPSA) is 89.0 Å². The fraction of sp³-hybridized carbons (Fsp3) is 0.125. The number of aromatic nitrogens is 1. The molecule has 0 saturated carbocycles. The zero-order valence-electron chi connectivity index (χ0n) is 17.6. The van der Waals surface area contributed by atoms with Gasteiger partial charge in [-0.25, -0.2) is 8.78 Å². The molecule has 33 heavy (non-hydrogen) atoms. The number of amides is 1. The number of halogens is 2. The van der Waals surface area contributed by atoms with Gasteiger partial charge in [0.25, 0.3) is 11.7 Å². The molecule has 4 rings (SSSR count). The summed E-state index contributed by atoms with van der Waals surface area (Å²) in [7, 11) is 2.84. The van der Waals surface area contributed by atoms with Crippen molar-refractivity contribution in [2.24, 2.45) is 0 Å². The molecule has 1 aliphatic rings. The highest BCUT2D eigenvalue weighted by molar-refractivity contribution is 6.51. The molecule has 1 amide bonds.